The first kappa shape index (κ1) is 26.2. The Hall–Kier alpha value is -3.37. The fourth-order valence-corrected chi connectivity index (χ4v) is 5.84. The highest BCUT2D eigenvalue weighted by molar-refractivity contribution is 7.92. The van der Waals surface area contributed by atoms with Gasteiger partial charge in [0.05, 0.1) is 22.5 Å². The molecule has 0 aliphatic rings. The van der Waals surface area contributed by atoms with E-state index in [4.69, 9.17) is 0 Å². The fourth-order valence-electron chi connectivity index (χ4n) is 3.74. The Bertz CT molecular complexity index is 1450. The second-order valence-electron chi connectivity index (χ2n) is 8.51. The number of sulfonamides is 2. The molecule has 35 heavy (non-hydrogen) atoms. The number of hydrogen-bond donors (Lipinski definition) is 2. The molecule has 0 radical (unpaired) electrons. The summed E-state index contributed by atoms with van der Waals surface area (Å²) in [5, 5.41) is 2.64. The van der Waals surface area contributed by atoms with Crippen molar-refractivity contribution in [2.75, 3.05) is 27.1 Å². The van der Waals surface area contributed by atoms with Crippen LogP contribution < -0.4 is 14.3 Å². The van der Waals surface area contributed by atoms with Gasteiger partial charge in [-0.15, -0.1) is 0 Å². The summed E-state index contributed by atoms with van der Waals surface area (Å²) in [5.74, 6) is -0.554. The van der Waals surface area contributed by atoms with Gasteiger partial charge in [-0.1, -0.05) is 35.9 Å². The van der Waals surface area contributed by atoms with Crippen LogP contribution in [0.15, 0.2) is 65.6 Å². The molecular weight excluding hydrogens is 486 g/mol. The summed E-state index contributed by atoms with van der Waals surface area (Å²) >= 11 is 0. The molecule has 0 saturated heterocycles. The van der Waals surface area contributed by atoms with Crippen molar-refractivity contribution in [3.63, 3.8) is 0 Å². The van der Waals surface area contributed by atoms with Crippen LogP contribution >= 0.6 is 0 Å². The van der Waals surface area contributed by atoms with Crippen LogP contribution in [0, 0.1) is 27.7 Å². The summed E-state index contributed by atoms with van der Waals surface area (Å²) in [6.07, 6.45) is 1.05. The summed E-state index contributed by atoms with van der Waals surface area (Å²) in [6.45, 7) is 6.89. The Kier molecular flexibility index (Phi) is 7.56. The van der Waals surface area contributed by atoms with Crippen LogP contribution in [-0.2, 0) is 24.8 Å². The monoisotopic (exact) mass is 515 g/mol. The first-order chi connectivity index (χ1) is 16.3. The van der Waals surface area contributed by atoms with Gasteiger partial charge < -0.3 is 5.32 Å². The predicted molar refractivity (Wildman–Crippen MR) is 140 cm³/mol. The van der Waals surface area contributed by atoms with Crippen LogP contribution in [0.5, 0.6) is 0 Å². The number of para-hydroxylation sites is 1. The number of aryl methyl sites for hydroxylation is 4. The van der Waals surface area contributed by atoms with E-state index in [0.717, 1.165) is 32.8 Å². The molecular formula is C25H29N3O5S2. The minimum absolute atomic E-state index is 0.0313. The van der Waals surface area contributed by atoms with Gasteiger partial charge in [-0.2, -0.15) is 0 Å². The lowest BCUT2D eigenvalue weighted by Crippen LogP contribution is -2.38. The van der Waals surface area contributed by atoms with Crippen LogP contribution in [0.1, 0.15) is 22.3 Å². The largest absolute Gasteiger partial charge is 0.325 e. The summed E-state index contributed by atoms with van der Waals surface area (Å²) < 4.78 is 54.1. The smallest absolute Gasteiger partial charge is 0.261 e. The summed E-state index contributed by atoms with van der Waals surface area (Å²) in [6, 6.07) is 16.5. The molecule has 0 fully saturated rings. The second-order valence-corrected chi connectivity index (χ2v) is 12.1. The van der Waals surface area contributed by atoms with Gasteiger partial charge in [0.1, 0.15) is 6.54 Å². The number of anilines is 3. The van der Waals surface area contributed by atoms with Crippen molar-refractivity contribution >= 4 is 43.0 Å². The van der Waals surface area contributed by atoms with Crippen molar-refractivity contribution in [1.82, 2.24) is 0 Å². The van der Waals surface area contributed by atoms with Crippen molar-refractivity contribution in [2.45, 2.75) is 32.6 Å². The number of nitrogens with one attached hydrogen (secondary N) is 2. The van der Waals surface area contributed by atoms with Crippen molar-refractivity contribution < 1.29 is 21.6 Å². The van der Waals surface area contributed by atoms with E-state index in [-0.39, 0.29) is 4.90 Å². The molecule has 0 aliphatic heterocycles. The predicted octanol–water partition coefficient (Wildman–Crippen LogP) is 4.13. The minimum Gasteiger partial charge on any atom is -0.325 e. The zero-order valence-corrected chi connectivity index (χ0v) is 21.9. The number of carbonyl (C=O) groups excluding carboxylic acids is 1. The first-order valence-corrected chi connectivity index (χ1v) is 14.1. The van der Waals surface area contributed by atoms with Crippen LogP contribution in [0.4, 0.5) is 17.1 Å². The van der Waals surface area contributed by atoms with E-state index >= 15 is 0 Å². The van der Waals surface area contributed by atoms with E-state index in [0.29, 0.717) is 17.1 Å². The average molecular weight is 516 g/mol. The fraction of sp³-hybridized carbons (Fsp3) is 0.240. The molecule has 3 aromatic carbocycles. The van der Waals surface area contributed by atoms with Crippen LogP contribution in [0.25, 0.3) is 0 Å². The molecule has 3 aromatic rings. The van der Waals surface area contributed by atoms with E-state index in [1.807, 2.05) is 32.0 Å². The third-order valence-corrected chi connectivity index (χ3v) is 7.94. The normalized spacial score (nSPS) is 11.7. The maximum absolute atomic E-state index is 12.8. The molecule has 0 aliphatic carbocycles. The van der Waals surface area contributed by atoms with Gasteiger partial charge in [0.2, 0.25) is 15.9 Å². The highest BCUT2D eigenvalue weighted by atomic mass is 32.2. The van der Waals surface area contributed by atoms with E-state index in [1.165, 1.54) is 24.3 Å². The highest BCUT2D eigenvalue weighted by Gasteiger charge is 2.24. The summed E-state index contributed by atoms with van der Waals surface area (Å²) in [4.78, 5) is 12.7. The van der Waals surface area contributed by atoms with Gasteiger partial charge in [0, 0.05) is 5.69 Å². The summed E-state index contributed by atoms with van der Waals surface area (Å²) in [5.41, 5.74) is 4.58. The van der Waals surface area contributed by atoms with E-state index in [9.17, 15) is 21.6 Å². The zero-order valence-electron chi connectivity index (χ0n) is 20.3. The zero-order chi connectivity index (χ0) is 26.0. The molecule has 0 unspecified atom stereocenters. The van der Waals surface area contributed by atoms with Gasteiger partial charge in [0.25, 0.3) is 10.0 Å². The lowest BCUT2D eigenvalue weighted by Gasteiger charge is -2.25. The van der Waals surface area contributed by atoms with Gasteiger partial charge in [0.15, 0.2) is 0 Å². The number of rotatable bonds is 8. The number of nitrogens with zero attached hydrogens (tertiary/aromatic N) is 1. The quantitative estimate of drug-likeness (QED) is 0.469. The Morgan fingerprint density at radius 2 is 1.43 bits per heavy atom. The van der Waals surface area contributed by atoms with Gasteiger partial charge in [-0.3, -0.25) is 13.8 Å². The molecule has 0 aromatic heterocycles. The summed E-state index contributed by atoms with van der Waals surface area (Å²) in [7, 11) is -7.56. The Balaban J connectivity index is 1.75. The molecule has 1 amide bonds. The average Bonchev–Trinajstić information content (AvgIpc) is 2.74. The molecule has 0 heterocycles. The standard InChI is InChI=1S/C25H29N3O5S2/c1-17-9-14-23(20(4)15-17)27-35(32,33)22-12-10-21(11-13-22)26-24(29)16-28(34(5,30)31)25-18(2)7-6-8-19(25)3/h6-15,27H,16H2,1-5H3,(H,26,29). The molecule has 0 atom stereocenters. The number of amides is 1. The van der Waals surface area contributed by atoms with E-state index in [2.05, 4.69) is 10.0 Å². The second kappa shape index (κ2) is 10.1. The Morgan fingerprint density at radius 3 is 1.97 bits per heavy atom. The number of benzene rings is 3. The molecule has 10 heteroatoms. The molecule has 0 bridgehead atoms. The van der Waals surface area contributed by atoms with Crippen molar-refractivity contribution in [3.05, 3.63) is 82.9 Å². The Morgan fingerprint density at radius 1 is 0.829 bits per heavy atom. The van der Waals surface area contributed by atoms with Crippen molar-refractivity contribution in [3.8, 4) is 0 Å². The van der Waals surface area contributed by atoms with Crippen LogP contribution in [-0.4, -0.2) is 35.5 Å². The van der Waals surface area contributed by atoms with Crippen molar-refractivity contribution in [2.24, 2.45) is 0 Å². The minimum atomic E-state index is -3.83. The molecule has 2 N–H and O–H groups in total. The molecule has 3 rings (SSSR count). The first-order valence-electron chi connectivity index (χ1n) is 10.8. The Labute approximate surface area is 207 Å². The third-order valence-electron chi connectivity index (χ3n) is 5.45. The SMILES string of the molecule is Cc1ccc(NS(=O)(=O)c2ccc(NC(=O)CN(c3c(C)cccc3C)S(C)(=O)=O)cc2)c(C)c1. The lowest BCUT2D eigenvalue weighted by atomic mass is 10.1. The van der Waals surface area contributed by atoms with Gasteiger partial charge in [-0.05, 0) is 74.7 Å². The van der Waals surface area contributed by atoms with Crippen molar-refractivity contribution in [1.29, 1.82) is 0 Å². The lowest BCUT2D eigenvalue weighted by molar-refractivity contribution is -0.114. The number of carbonyl (C=O) groups is 1. The van der Waals surface area contributed by atoms with Crippen LogP contribution in [0.2, 0.25) is 0 Å². The van der Waals surface area contributed by atoms with E-state index < -0.39 is 32.5 Å². The van der Waals surface area contributed by atoms with Gasteiger partial charge in [-0.25, -0.2) is 16.8 Å². The third kappa shape index (κ3) is 6.40. The van der Waals surface area contributed by atoms with Gasteiger partial charge >= 0.3 is 0 Å². The molecule has 186 valence electrons. The molecule has 0 saturated carbocycles. The number of hydrogen-bond acceptors (Lipinski definition) is 5. The topological polar surface area (TPSA) is 113 Å². The maximum Gasteiger partial charge on any atom is 0.261 e. The maximum atomic E-state index is 12.8. The molecule has 8 nitrogen and oxygen atoms in total. The van der Waals surface area contributed by atoms with E-state index in [1.54, 1.807) is 32.0 Å². The molecule has 0 spiro atoms. The highest BCUT2D eigenvalue weighted by Crippen LogP contribution is 2.27. The van der Waals surface area contributed by atoms with Crippen LogP contribution in [0.3, 0.4) is 0 Å².